The van der Waals surface area contributed by atoms with E-state index in [1.54, 1.807) is 42.9 Å². The molecule has 23 heavy (non-hydrogen) atoms. The molecule has 3 rings (SSSR count). The predicted octanol–water partition coefficient (Wildman–Crippen LogP) is 3.08. The molecular weight excluding hydrogens is 296 g/mol. The van der Waals surface area contributed by atoms with Crippen LogP contribution in [0.4, 0.5) is 0 Å². The molecular formula is C16H14N4O3. The Morgan fingerprint density at radius 2 is 2.13 bits per heavy atom. The molecule has 0 radical (unpaired) electrons. The first kappa shape index (κ1) is 14.6. The summed E-state index contributed by atoms with van der Waals surface area (Å²) >= 11 is 0. The van der Waals surface area contributed by atoms with Crippen molar-refractivity contribution in [3.63, 3.8) is 0 Å². The van der Waals surface area contributed by atoms with Crippen LogP contribution in [0.25, 0.3) is 17.5 Å². The number of aromatic nitrogens is 2. The summed E-state index contributed by atoms with van der Waals surface area (Å²) in [5.41, 5.74) is 4.09. The van der Waals surface area contributed by atoms with E-state index in [-0.39, 0.29) is 5.69 Å². The van der Waals surface area contributed by atoms with Crippen LogP contribution in [-0.4, -0.2) is 22.3 Å². The summed E-state index contributed by atoms with van der Waals surface area (Å²) in [4.78, 5) is 12.0. The number of carbonyl (C=O) groups excluding carboxylic acids is 1. The number of nitrogens with one attached hydrogen (secondary N) is 2. The van der Waals surface area contributed by atoms with Gasteiger partial charge in [-0.15, -0.1) is 0 Å². The number of rotatable bonds is 5. The second-order valence-corrected chi connectivity index (χ2v) is 4.75. The van der Waals surface area contributed by atoms with Crippen molar-refractivity contribution in [2.75, 3.05) is 0 Å². The van der Waals surface area contributed by atoms with Crippen molar-refractivity contribution in [3.8, 4) is 11.5 Å². The van der Waals surface area contributed by atoms with Gasteiger partial charge >= 0.3 is 0 Å². The monoisotopic (exact) mass is 310 g/mol. The zero-order chi connectivity index (χ0) is 16.1. The van der Waals surface area contributed by atoms with Crippen molar-refractivity contribution in [2.24, 2.45) is 5.10 Å². The number of aromatic amines is 1. The summed E-state index contributed by atoms with van der Waals surface area (Å²) in [5.74, 6) is 0.911. The number of H-pyrrole nitrogens is 1. The largest absolute Gasteiger partial charge is 0.465 e. The highest BCUT2D eigenvalue weighted by molar-refractivity contribution is 5.94. The lowest BCUT2D eigenvalue weighted by Gasteiger charge is -1.95. The average Bonchev–Trinajstić information content (AvgIpc) is 3.28. The molecule has 1 amide bonds. The molecule has 116 valence electrons. The van der Waals surface area contributed by atoms with Gasteiger partial charge in [-0.2, -0.15) is 10.2 Å². The lowest BCUT2D eigenvalue weighted by Crippen LogP contribution is -2.17. The van der Waals surface area contributed by atoms with Crippen LogP contribution in [0.15, 0.2) is 62.4 Å². The Morgan fingerprint density at radius 1 is 1.30 bits per heavy atom. The SMILES string of the molecule is CC(/C=N\NC(=O)c1cc(-c2ccco2)[nH]n1)=C/c1ccco1. The molecule has 0 unspecified atom stereocenters. The third-order valence-corrected chi connectivity index (χ3v) is 2.94. The van der Waals surface area contributed by atoms with Gasteiger partial charge < -0.3 is 8.83 Å². The molecule has 3 aromatic rings. The molecule has 3 aromatic heterocycles. The minimum atomic E-state index is -0.416. The fraction of sp³-hybridized carbons (Fsp3) is 0.0625. The maximum Gasteiger partial charge on any atom is 0.291 e. The summed E-state index contributed by atoms with van der Waals surface area (Å²) in [6.07, 6.45) is 6.47. The van der Waals surface area contributed by atoms with Crippen LogP contribution in [-0.2, 0) is 0 Å². The Kier molecular flexibility index (Phi) is 4.19. The number of nitrogens with zero attached hydrogens (tertiary/aromatic N) is 2. The molecule has 0 aliphatic heterocycles. The van der Waals surface area contributed by atoms with Crippen molar-refractivity contribution in [1.82, 2.24) is 15.6 Å². The summed E-state index contributed by atoms with van der Waals surface area (Å²) in [7, 11) is 0. The molecule has 0 atom stereocenters. The first-order chi connectivity index (χ1) is 11.2. The van der Waals surface area contributed by atoms with Gasteiger partial charge in [0.25, 0.3) is 5.91 Å². The Labute approximate surface area is 131 Å². The molecule has 0 bridgehead atoms. The zero-order valence-corrected chi connectivity index (χ0v) is 12.3. The first-order valence-electron chi connectivity index (χ1n) is 6.87. The second kappa shape index (κ2) is 6.61. The fourth-order valence-electron chi connectivity index (χ4n) is 1.88. The van der Waals surface area contributed by atoms with Crippen molar-refractivity contribution in [3.05, 3.63) is 59.9 Å². The molecule has 7 heteroatoms. The summed E-state index contributed by atoms with van der Waals surface area (Å²) in [5, 5.41) is 10.6. The first-order valence-corrected chi connectivity index (χ1v) is 6.87. The van der Waals surface area contributed by atoms with Gasteiger partial charge in [0.1, 0.15) is 11.5 Å². The van der Waals surface area contributed by atoms with Crippen LogP contribution in [0.2, 0.25) is 0 Å². The van der Waals surface area contributed by atoms with Gasteiger partial charge in [-0.3, -0.25) is 9.89 Å². The van der Waals surface area contributed by atoms with Crippen molar-refractivity contribution >= 4 is 18.2 Å². The van der Waals surface area contributed by atoms with Crippen molar-refractivity contribution in [2.45, 2.75) is 6.92 Å². The highest BCUT2D eigenvalue weighted by Gasteiger charge is 2.11. The zero-order valence-electron chi connectivity index (χ0n) is 12.3. The smallest absolute Gasteiger partial charge is 0.291 e. The van der Waals surface area contributed by atoms with Gasteiger partial charge in [0, 0.05) is 6.07 Å². The minimum Gasteiger partial charge on any atom is -0.465 e. The van der Waals surface area contributed by atoms with Gasteiger partial charge in [-0.05, 0) is 42.8 Å². The Balaban J connectivity index is 1.60. The maximum atomic E-state index is 12.0. The standard InChI is InChI=1S/C16H14N4O3/c1-11(8-12-4-2-6-22-12)10-17-20-16(21)14-9-13(18-19-14)15-5-3-7-23-15/h2-10H,1H3,(H,18,19)(H,20,21)/b11-8-,17-10-. The van der Waals surface area contributed by atoms with E-state index < -0.39 is 5.91 Å². The van der Waals surface area contributed by atoms with E-state index in [0.717, 1.165) is 11.3 Å². The number of furan rings is 2. The molecule has 0 fully saturated rings. The lowest BCUT2D eigenvalue weighted by molar-refractivity contribution is 0.0950. The van der Waals surface area contributed by atoms with Gasteiger partial charge in [0.2, 0.25) is 0 Å². The molecule has 0 aromatic carbocycles. The quantitative estimate of drug-likeness (QED) is 0.559. The normalized spacial score (nSPS) is 12.0. The van der Waals surface area contributed by atoms with Crippen LogP contribution < -0.4 is 5.43 Å². The topological polar surface area (TPSA) is 96.4 Å². The molecule has 2 N–H and O–H groups in total. The summed E-state index contributed by atoms with van der Waals surface area (Å²) in [6.45, 7) is 1.85. The Bertz CT molecular complexity index is 827. The third kappa shape index (κ3) is 3.65. The number of hydrogen-bond acceptors (Lipinski definition) is 5. The van der Waals surface area contributed by atoms with Gasteiger partial charge in [-0.1, -0.05) is 0 Å². The van der Waals surface area contributed by atoms with Crippen LogP contribution in [0, 0.1) is 0 Å². The minimum absolute atomic E-state index is 0.223. The molecule has 0 saturated heterocycles. The third-order valence-electron chi connectivity index (χ3n) is 2.94. The molecule has 3 heterocycles. The molecule has 7 nitrogen and oxygen atoms in total. The van der Waals surface area contributed by atoms with Gasteiger partial charge in [0.05, 0.1) is 18.7 Å². The highest BCUT2D eigenvalue weighted by Crippen LogP contribution is 2.17. The fourth-order valence-corrected chi connectivity index (χ4v) is 1.88. The van der Waals surface area contributed by atoms with Gasteiger partial charge in [-0.25, -0.2) is 5.43 Å². The summed E-state index contributed by atoms with van der Waals surface area (Å²) in [6, 6.07) is 8.75. The van der Waals surface area contributed by atoms with E-state index in [1.807, 2.05) is 13.0 Å². The van der Waals surface area contributed by atoms with E-state index in [4.69, 9.17) is 8.83 Å². The Morgan fingerprint density at radius 3 is 2.87 bits per heavy atom. The number of amides is 1. The van der Waals surface area contributed by atoms with E-state index in [9.17, 15) is 4.79 Å². The second-order valence-electron chi connectivity index (χ2n) is 4.75. The van der Waals surface area contributed by atoms with Crippen LogP contribution in [0.5, 0.6) is 0 Å². The number of hydrazone groups is 1. The lowest BCUT2D eigenvalue weighted by atomic mass is 10.3. The predicted molar refractivity (Wildman–Crippen MR) is 84.6 cm³/mol. The van der Waals surface area contributed by atoms with E-state index >= 15 is 0 Å². The number of carbonyl (C=O) groups is 1. The highest BCUT2D eigenvalue weighted by atomic mass is 16.3. The van der Waals surface area contributed by atoms with E-state index in [0.29, 0.717) is 11.5 Å². The molecule has 0 aliphatic carbocycles. The molecule has 0 spiro atoms. The van der Waals surface area contributed by atoms with Crippen LogP contribution in [0.1, 0.15) is 23.2 Å². The van der Waals surface area contributed by atoms with Crippen molar-refractivity contribution in [1.29, 1.82) is 0 Å². The number of allylic oxidation sites excluding steroid dienone is 1. The molecule has 0 aliphatic rings. The van der Waals surface area contributed by atoms with Crippen LogP contribution in [0.3, 0.4) is 0 Å². The van der Waals surface area contributed by atoms with E-state index in [1.165, 1.54) is 6.21 Å². The van der Waals surface area contributed by atoms with Crippen molar-refractivity contribution < 1.29 is 13.6 Å². The maximum absolute atomic E-state index is 12.0. The van der Waals surface area contributed by atoms with Crippen LogP contribution >= 0.6 is 0 Å². The average molecular weight is 310 g/mol. The Hall–Kier alpha value is -3.35. The number of hydrogen-bond donors (Lipinski definition) is 2. The van der Waals surface area contributed by atoms with E-state index in [2.05, 4.69) is 20.7 Å². The van der Waals surface area contributed by atoms with Gasteiger partial charge in [0.15, 0.2) is 11.5 Å². The molecule has 0 saturated carbocycles. The summed E-state index contributed by atoms with van der Waals surface area (Å²) < 4.78 is 10.4.